The third kappa shape index (κ3) is 4.24. The Balaban J connectivity index is 2.59. The van der Waals surface area contributed by atoms with Crippen LogP contribution in [0.3, 0.4) is 0 Å². The lowest BCUT2D eigenvalue weighted by atomic mass is 10.0. The molecule has 0 aromatic heterocycles. The molecule has 0 N–H and O–H groups in total. The average Bonchev–Trinajstić information content (AvgIpc) is 2.29. The predicted octanol–water partition coefficient (Wildman–Crippen LogP) is 2.26. The first kappa shape index (κ1) is 14.3. The number of hydrogen-bond donors (Lipinski definition) is 0. The summed E-state index contributed by atoms with van der Waals surface area (Å²) in [6.45, 7) is -0.761. The maximum absolute atomic E-state index is 13.3. The van der Waals surface area contributed by atoms with E-state index in [9.17, 15) is 18.4 Å². The molecule has 5 heteroatoms. The lowest BCUT2D eigenvalue weighted by molar-refractivity contribution is -0.126. The van der Waals surface area contributed by atoms with Crippen LogP contribution in [0.4, 0.5) is 8.78 Å². The van der Waals surface area contributed by atoms with Crippen molar-refractivity contribution in [1.29, 1.82) is 0 Å². The largest absolute Gasteiger partial charge is 0.494 e. The molecule has 0 heterocycles. The van der Waals surface area contributed by atoms with Crippen LogP contribution in [0.15, 0.2) is 18.2 Å². The van der Waals surface area contributed by atoms with E-state index in [1.165, 1.54) is 19.2 Å². The van der Waals surface area contributed by atoms with Gasteiger partial charge in [-0.2, -0.15) is 0 Å². The molecule has 18 heavy (non-hydrogen) atoms. The molecule has 98 valence electrons. The normalized spacial score (nSPS) is 10.2. The lowest BCUT2D eigenvalue weighted by Gasteiger charge is -2.04. The number of benzene rings is 1. The molecule has 0 aliphatic heterocycles. The molecule has 0 saturated carbocycles. The number of carbonyl (C=O) groups excluding carboxylic acids is 2. The second kappa shape index (κ2) is 6.83. The number of carbonyl (C=O) groups is 2. The summed E-state index contributed by atoms with van der Waals surface area (Å²) in [6.07, 6.45) is -0.598. The van der Waals surface area contributed by atoms with E-state index in [0.717, 1.165) is 0 Å². The van der Waals surface area contributed by atoms with Gasteiger partial charge in [0.2, 0.25) is 0 Å². The number of rotatable bonds is 7. The van der Waals surface area contributed by atoms with Gasteiger partial charge in [0.15, 0.2) is 11.6 Å². The number of halogens is 2. The number of Topliss-reactive ketones (excluding diaryl/α,β-unsaturated/α-hetero) is 2. The highest BCUT2D eigenvalue weighted by atomic mass is 19.1. The van der Waals surface area contributed by atoms with Crippen LogP contribution in [0, 0.1) is 5.82 Å². The van der Waals surface area contributed by atoms with Gasteiger partial charge >= 0.3 is 0 Å². The van der Waals surface area contributed by atoms with E-state index in [0.29, 0.717) is 5.56 Å². The van der Waals surface area contributed by atoms with Crippen molar-refractivity contribution >= 4 is 11.6 Å². The minimum Gasteiger partial charge on any atom is -0.494 e. The molecule has 0 spiro atoms. The van der Waals surface area contributed by atoms with Gasteiger partial charge in [0.1, 0.15) is 11.6 Å². The van der Waals surface area contributed by atoms with Crippen molar-refractivity contribution in [3.63, 3.8) is 0 Å². The van der Waals surface area contributed by atoms with Crippen molar-refractivity contribution in [2.24, 2.45) is 0 Å². The van der Waals surface area contributed by atoms with E-state index in [-0.39, 0.29) is 30.8 Å². The first-order valence-electron chi connectivity index (χ1n) is 5.48. The molecule has 0 saturated heterocycles. The Bertz CT molecular complexity index is 444. The van der Waals surface area contributed by atoms with Crippen molar-refractivity contribution in [2.75, 3.05) is 13.8 Å². The minimum atomic E-state index is -0.761. The smallest absolute Gasteiger partial charge is 0.165 e. The van der Waals surface area contributed by atoms with Gasteiger partial charge in [-0.25, -0.2) is 4.39 Å². The summed E-state index contributed by atoms with van der Waals surface area (Å²) >= 11 is 0. The van der Waals surface area contributed by atoms with E-state index in [4.69, 9.17) is 4.74 Å². The summed E-state index contributed by atoms with van der Waals surface area (Å²) in [4.78, 5) is 22.5. The Labute approximate surface area is 104 Å². The van der Waals surface area contributed by atoms with Crippen LogP contribution in [-0.4, -0.2) is 25.4 Å². The molecule has 1 aromatic carbocycles. The fraction of sp³-hybridized carbons (Fsp3) is 0.385. The zero-order valence-electron chi connectivity index (χ0n) is 10.0. The fourth-order valence-corrected chi connectivity index (χ4v) is 1.52. The van der Waals surface area contributed by atoms with E-state index in [2.05, 4.69) is 0 Å². The Morgan fingerprint density at radius 2 is 2.00 bits per heavy atom. The van der Waals surface area contributed by atoms with Crippen molar-refractivity contribution in [2.45, 2.75) is 19.3 Å². The molecule has 0 bridgehead atoms. The van der Waals surface area contributed by atoms with E-state index in [1.807, 2.05) is 0 Å². The molecule has 0 fully saturated rings. The number of ketones is 2. The number of methoxy groups -OCH3 is 1. The van der Waals surface area contributed by atoms with Crippen LogP contribution in [0.25, 0.3) is 0 Å². The monoisotopic (exact) mass is 256 g/mol. The van der Waals surface area contributed by atoms with E-state index >= 15 is 0 Å². The summed E-state index contributed by atoms with van der Waals surface area (Å²) in [5, 5.41) is 0. The van der Waals surface area contributed by atoms with Crippen LogP contribution < -0.4 is 4.74 Å². The van der Waals surface area contributed by atoms with E-state index in [1.54, 1.807) is 6.07 Å². The van der Waals surface area contributed by atoms with Crippen molar-refractivity contribution in [1.82, 2.24) is 0 Å². The van der Waals surface area contributed by atoms with Gasteiger partial charge in [-0.05, 0) is 17.7 Å². The third-order valence-electron chi connectivity index (χ3n) is 2.39. The quantitative estimate of drug-likeness (QED) is 0.703. The predicted molar refractivity (Wildman–Crippen MR) is 61.9 cm³/mol. The molecule has 3 nitrogen and oxygen atoms in total. The topological polar surface area (TPSA) is 43.4 Å². The molecular formula is C13H14F2O3. The lowest BCUT2D eigenvalue weighted by Crippen LogP contribution is -2.10. The second-order valence-corrected chi connectivity index (χ2v) is 3.84. The van der Waals surface area contributed by atoms with Crippen molar-refractivity contribution in [3.8, 4) is 5.75 Å². The maximum Gasteiger partial charge on any atom is 0.165 e. The number of hydrogen-bond acceptors (Lipinski definition) is 3. The van der Waals surface area contributed by atoms with Gasteiger partial charge in [0.05, 0.1) is 20.2 Å². The highest BCUT2D eigenvalue weighted by molar-refractivity contribution is 5.99. The van der Waals surface area contributed by atoms with Gasteiger partial charge in [-0.15, -0.1) is 0 Å². The molecule has 1 rings (SSSR count). The molecule has 0 aliphatic rings. The van der Waals surface area contributed by atoms with Crippen molar-refractivity contribution in [3.05, 3.63) is 29.6 Å². The van der Waals surface area contributed by atoms with Crippen LogP contribution >= 0.6 is 0 Å². The molecule has 1 aromatic rings. The van der Waals surface area contributed by atoms with Crippen molar-refractivity contribution < 1.29 is 23.1 Å². The highest BCUT2D eigenvalue weighted by Crippen LogP contribution is 2.18. The van der Waals surface area contributed by atoms with Gasteiger partial charge in [0, 0.05) is 12.8 Å². The van der Waals surface area contributed by atoms with Gasteiger partial charge in [0.25, 0.3) is 0 Å². The molecule has 0 radical (unpaired) electrons. The maximum atomic E-state index is 13.3. The molecular weight excluding hydrogens is 242 g/mol. The minimum absolute atomic E-state index is 0.0427. The first-order chi connectivity index (χ1) is 8.56. The summed E-state index contributed by atoms with van der Waals surface area (Å²) in [6, 6.07) is 4.16. The molecule has 0 amide bonds. The average molecular weight is 256 g/mol. The molecule has 0 atom stereocenters. The Morgan fingerprint density at radius 1 is 1.28 bits per heavy atom. The summed E-state index contributed by atoms with van der Waals surface area (Å²) < 4.78 is 29.9. The van der Waals surface area contributed by atoms with Crippen LogP contribution in [0.1, 0.15) is 18.4 Å². The summed E-state index contributed by atoms with van der Waals surface area (Å²) in [7, 11) is 1.35. The van der Waals surface area contributed by atoms with E-state index < -0.39 is 18.3 Å². The molecule has 0 unspecified atom stereocenters. The van der Waals surface area contributed by atoms with Gasteiger partial charge in [-0.3, -0.25) is 14.0 Å². The highest BCUT2D eigenvalue weighted by Gasteiger charge is 2.11. The molecule has 0 aliphatic carbocycles. The standard InChI is InChI=1S/C13H14F2O3/c1-18-13-3-2-9(7-12(13)15)6-11(17)8-10(16)4-5-14/h2-3,7H,4-6,8H2,1H3. The summed E-state index contributed by atoms with van der Waals surface area (Å²) in [5.41, 5.74) is 0.464. The zero-order valence-corrected chi connectivity index (χ0v) is 10.0. The summed E-state index contributed by atoms with van der Waals surface area (Å²) in [5.74, 6) is -1.24. The SMILES string of the molecule is COc1ccc(CC(=O)CC(=O)CCF)cc1F. The number of ether oxygens (including phenoxy) is 1. The third-order valence-corrected chi connectivity index (χ3v) is 2.39. The Hall–Kier alpha value is -1.78. The second-order valence-electron chi connectivity index (χ2n) is 3.84. The zero-order chi connectivity index (χ0) is 13.5. The van der Waals surface area contributed by atoms with Gasteiger partial charge < -0.3 is 4.74 Å². The fourth-order valence-electron chi connectivity index (χ4n) is 1.52. The van der Waals surface area contributed by atoms with Crippen LogP contribution in [-0.2, 0) is 16.0 Å². The first-order valence-corrected chi connectivity index (χ1v) is 5.48. The van der Waals surface area contributed by atoms with Crippen LogP contribution in [0.2, 0.25) is 0 Å². The Morgan fingerprint density at radius 3 is 2.56 bits per heavy atom. The van der Waals surface area contributed by atoms with Crippen LogP contribution in [0.5, 0.6) is 5.75 Å². The Kier molecular flexibility index (Phi) is 5.42. The number of alkyl halides is 1. The van der Waals surface area contributed by atoms with Gasteiger partial charge in [-0.1, -0.05) is 6.07 Å².